The van der Waals surface area contributed by atoms with Crippen molar-refractivity contribution in [1.82, 2.24) is 15.0 Å². The van der Waals surface area contributed by atoms with Gasteiger partial charge in [0.05, 0.1) is 6.54 Å². The number of nitrogens with one attached hydrogen (secondary N) is 1. The molecule has 0 atom stereocenters. The fraction of sp³-hybridized carbons (Fsp3) is 0.333. The SMILES string of the molecule is CC(F)(F)c1ccc(Cn2ncc([NH-])n2)o1. The summed E-state index contributed by atoms with van der Waals surface area (Å²) in [5, 5.41) is 7.46. The molecule has 0 radical (unpaired) electrons. The van der Waals surface area contributed by atoms with Gasteiger partial charge in [-0.3, -0.25) is 4.80 Å². The van der Waals surface area contributed by atoms with Crippen molar-refractivity contribution < 1.29 is 13.2 Å². The maximum absolute atomic E-state index is 12.8. The molecule has 0 amide bonds. The predicted octanol–water partition coefficient (Wildman–Crippen LogP) is 2.71. The molecule has 2 heterocycles. The van der Waals surface area contributed by atoms with Crippen LogP contribution in [0.5, 0.6) is 0 Å². The van der Waals surface area contributed by atoms with Gasteiger partial charge in [0, 0.05) is 13.1 Å². The minimum atomic E-state index is -2.99. The number of hydrogen-bond donors (Lipinski definition) is 0. The van der Waals surface area contributed by atoms with Crippen LogP contribution in [0, 0.1) is 0 Å². The minimum Gasteiger partial charge on any atom is -0.480 e. The molecule has 86 valence electrons. The smallest absolute Gasteiger partial charge is 0.301 e. The zero-order chi connectivity index (χ0) is 11.8. The fourth-order valence-electron chi connectivity index (χ4n) is 1.21. The van der Waals surface area contributed by atoms with Crippen molar-refractivity contribution in [3.8, 4) is 0 Å². The van der Waals surface area contributed by atoms with Gasteiger partial charge in [-0.15, -0.1) is 0 Å². The van der Waals surface area contributed by atoms with Gasteiger partial charge in [-0.05, 0) is 18.0 Å². The van der Waals surface area contributed by atoms with E-state index in [9.17, 15) is 8.78 Å². The van der Waals surface area contributed by atoms with E-state index in [1.165, 1.54) is 23.1 Å². The van der Waals surface area contributed by atoms with E-state index in [0.717, 1.165) is 6.92 Å². The first-order valence-electron chi connectivity index (χ1n) is 4.54. The van der Waals surface area contributed by atoms with E-state index in [1.807, 2.05) is 0 Å². The lowest BCUT2D eigenvalue weighted by Gasteiger charge is -2.06. The first-order chi connectivity index (χ1) is 7.45. The van der Waals surface area contributed by atoms with Crippen LogP contribution in [0.15, 0.2) is 22.7 Å². The number of halogens is 2. The molecule has 0 aliphatic heterocycles. The second kappa shape index (κ2) is 3.58. The fourth-order valence-corrected chi connectivity index (χ4v) is 1.21. The normalized spacial score (nSPS) is 11.9. The molecule has 7 heteroatoms. The van der Waals surface area contributed by atoms with Crippen LogP contribution in [0.2, 0.25) is 0 Å². The van der Waals surface area contributed by atoms with Crippen LogP contribution >= 0.6 is 0 Å². The van der Waals surface area contributed by atoms with Gasteiger partial charge >= 0.3 is 5.92 Å². The van der Waals surface area contributed by atoms with Gasteiger partial charge in [-0.2, -0.15) is 13.9 Å². The van der Waals surface area contributed by atoms with Crippen LogP contribution in [0.1, 0.15) is 18.4 Å². The molecule has 0 fully saturated rings. The lowest BCUT2D eigenvalue weighted by atomic mass is 10.3. The molecule has 0 unspecified atom stereocenters. The van der Waals surface area contributed by atoms with Gasteiger partial charge in [0.25, 0.3) is 0 Å². The molecule has 0 aliphatic carbocycles. The van der Waals surface area contributed by atoms with Crippen LogP contribution < -0.4 is 0 Å². The van der Waals surface area contributed by atoms with Crippen LogP contribution in [0.3, 0.4) is 0 Å². The van der Waals surface area contributed by atoms with Crippen molar-refractivity contribution in [1.29, 1.82) is 0 Å². The second-order valence-electron chi connectivity index (χ2n) is 3.41. The summed E-state index contributed by atoms with van der Waals surface area (Å²) in [6.07, 6.45) is 1.26. The van der Waals surface area contributed by atoms with Crippen molar-refractivity contribution in [3.63, 3.8) is 0 Å². The monoisotopic (exact) mass is 227 g/mol. The second-order valence-corrected chi connectivity index (χ2v) is 3.41. The highest BCUT2D eigenvalue weighted by Gasteiger charge is 2.28. The van der Waals surface area contributed by atoms with Gasteiger partial charge in [0.2, 0.25) is 0 Å². The third kappa shape index (κ3) is 2.18. The standard InChI is InChI=1S/C9H9F2N4O/c1-9(10,11)7-3-2-6(16-7)5-15-13-4-8(12)14-15/h2-4H,5H2,1H3,(H-,12,14)/q-1. The molecule has 0 aromatic carbocycles. The maximum Gasteiger partial charge on any atom is 0.301 e. The Hall–Kier alpha value is -1.92. The Kier molecular flexibility index (Phi) is 2.37. The van der Waals surface area contributed by atoms with Crippen LogP contribution in [0.25, 0.3) is 5.73 Å². The van der Waals surface area contributed by atoms with Gasteiger partial charge in [-0.25, -0.2) is 0 Å². The molecule has 2 aromatic heterocycles. The summed E-state index contributed by atoms with van der Waals surface area (Å²) >= 11 is 0. The molecule has 0 spiro atoms. The Bertz CT molecular complexity index is 486. The molecular formula is C9H9F2N4O-. The number of aromatic nitrogens is 3. The highest BCUT2D eigenvalue weighted by molar-refractivity contribution is 5.26. The molecule has 16 heavy (non-hydrogen) atoms. The third-order valence-corrected chi connectivity index (χ3v) is 1.93. The van der Waals surface area contributed by atoms with E-state index >= 15 is 0 Å². The number of rotatable bonds is 3. The lowest BCUT2D eigenvalue weighted by Crippen LogP contribution is -2.05. The van der Waals surface area contributed by atoms with E-state index < -0.39 is 5.92 Å². The molecule has 1 N–H and O–H groups in total. The summed E-state index contributed by atoms with van der Waals surface area (Å²) in [6.45, 7) is 0.901. The predicted molar refractivity (Wildman–Crippen MR) is 51.4 cm³/mol. The molecule has 0 saturated heterocycles. The van der Waals surface area contributed by atoms with E-state index in [1.54, 1.807) is 0 Å². The van der Waals surface area contributed by atoms with Crippen molar-refractivity contribution in [2.45, 2.75) is 19.4 Å². The van der Waals surface area contributed by atoms with Gasteiger partial charge in [-0.1, -0.05) is 0 Å². The molecular weight excluding hydrogens is 218 g/mol. The summed E-state index contributed by atoms with van der Waals surface area (Å²) in [4.78, 5) is 1.21. The Morgan fingerprint density at radius 3 is 2.75 bits per heavy atom. The average molecular weight is 227 g/mol. The Labute approximate surface area is 89.8 Å². The van der Waals surface area contributed by atoms with Crippen LogP contribution in [-0.4, -0.2) is 15.0 Å². The van der Waals surface area contributed by atoms with E-state index in [2.05, 4.69) is 10.2 Å². The topological polar surface area (TPSA) is 67.7 Å². The highest BCUT2D eigenvalue weighted by atomic mass is 19.3. The summed E-state index contributed by atoms with van der Waals surface area (Å²) in [6, 6.07) is 2.67. The lowest BCUT2D eigenvalue weighted by molar-refractivity contribution is -0.00640. The summed E-state index contributed by atoms with van der Waals surface area (Å²) in [5.41, 5.74) is 7.14. The average Bonchev–Trinajstić information content (AvgIpc) is 2.74. The Morgan fingerprint density at radius 1 is 1.50 bits per heavy atom. The first-order valence-corrected chi connectivity index (χ1v) is 4.54. The summed E-state index contributed by atoms with van der Waals surface area (Å²) < 4.78 is 30.6. The number of alkyl halides is 2. The molecule has 0 saturated carbocycles. The maximum atomic E-state index is 12.8. The third-order valence-electron chi connectivity index (χ3n) is 1.93. The van der Waals surface area contributed by atoms with E-state index in [-0.39, 0.29) is 18.1 Å². The highest BCUT2D eigenvalue weighted by Crippen LogP contribution is 2.28. The molecule has 2 aromatic rings. The first kappa shape index (κ1) is 10.6. The zero-order valence-electron chi connectivity index (χ0n) is 8.44. The summed E-state index contributed by atoms with van der Waals surface area (Å²) in [5.74, 6) is -3.03. The van der Waals surface area contributed by atoms with Crippen molar-refractivity contribution in [2.24, 2.45) is 0 Å². The van der Waals surface area contributed by atoms with E-state index in [4.69, 9.17) is 10.2 Å². The van der Waals surface area contributed by atoms with E-state index in [0.29, 0.717) is 5.76 Å². The molecule has 5 nitrogen and oxygen atoms in total. The number of furan rings is 1. The largest absolute Gasteiger partial charge is 0.480 e. The van der Waals surface area contributed by atoms with Gasteiger partial charge < -0.3 is 15.2 Å². The Balaban J connectivity index is 2.14. The number of hydrogen-bond acceptors (Lipinski definition) is 3. The molecule has 2 rings (SSSR count). The molecule has 0 aliphatic rings. The van der Waals surface area contributed by atoms with Gasteiger partial charge in [0.15, 0.2) is 5.76 Å². The molecule has 0 bridgehead atoms. The van der Waals surface area contributed by atoms with Crippen molar-refractivity contribution in [3.05, 3.63) is 35.6 Å². The zero-order valence-corrected chi connectivity index (χ0v) is 8.44. The quantitative estimate of drug-likeness (QED) is 0.809. The summed E-state index contributed by atoms with van der Waals surface area (Å²) in [7, 11) is 0. The minimum absolute atomic E-state index is 0.0209. The van der Waals surface area contributed by atoms with Crippen LogP contribution in [0.4, 0.5) is 14.6 Å². The van der Waals surface area contributed by atoms with Gasteiger partial charge in [0.1, 0.15) is 5.76 Å². The number of nitrogens with zero attached hydrogens (tertiary/aromatic N) is 3. The Morgan fingerprint density at radius 2 is 2.25 bits per heavy atom. The van der Waals surface area contributed by atoms with Crippen LogP contribution in [-0.2, 0) is 12.5 Å². The van der Waals surface area contributed by atoms with Crippen molar-refractivity contribution in [2.75, 3.05) is 0 Å². The van der Waals surface area contributed by atoms with Crippen molar-refractivity contribution >= 4 is 5.82 Å².